The van der Waals surface area contributed by atoms with Gasteiger partial charge in [-0.15, -0.1) is 0 Å². The van der Waals surface area contributed by atoms with E-state index in [0.717, 1.165) is 103 Å². The van der Waals surface area contributed by atoms with Crippen molar-refractivity contribution in [3.05, 3.63) is 0 Å². The van der Waals surface area contributed by atoms with Crippen LogP contribution in [0.2, 0.25) is 0 Å². The van der Waals surface area contributed by atoms with Crippen LogP contribution in [0.5, 0.6) is 0 Å². The molecule has 0 saturated heterocycles. The molecule has 0 aromatic rings. The van der Waals surface area contributed by atoms with Crippen molar-refractivity contribution >= 4 is 15.2 Å². The molecule has 14 heteroatoms. The van der Waals surface area contributed by atoms with Gasteiger partial charge in [-0.2, -0.15) is 0 Å². The molecule has 0 heterocycles. The molecule has 0 radical (unpaired) electrons. The molecule has 0 amide bonds. The number of hydrogen-bond acceptors (Lipinski definition) is 10. The lowest BCUT2D eigenvalue weighted by molar-refractivity contribution is 0.237. The van der Waals surface area contributed by atoms with Gasteiger partial charge in [0, 0.05) is 13.1 Å². The zero-order chi connectivity index (χ0) is 31.4. The topological polar surface area (TPSA) is 204 Å². The van der Waals surface area contributed by atoms with Gasteiger partial charge < -0.3 is 51.6 Å². The van der Waals surface area contributed by atoms with E-state index >= 15 is 0 Å². The van der Waals surface area contributed by atoms with E-state index < -0.39 is 15.2 Å². The molecular formula is C28H66N6O6P2. The Morgan fingerprint density at radius 2 is 0.690 bits per heavy atom. The number of nitrogens with two attached hydrogens (primary N) is 4. The molecule has 2 atom stereocenters. The SMILES string of the molecule is NCCCN(CCCN)CCP(=O)(O)OCCCCCCCCCCCCOP(=O)(O)CCN(CCCN)CCCN. The Hall–Kier alpha value is 0.0600. The predicted octanol–water partition coefficient (Wildman–Crippen LogP) is 3.29. The second-order valence-electron chi connectivity index (χ2n) is 11.2. The Labute approximate surface area is 256 Å². The minimum absolute atomic E-state index is 0.136. The Morgan fingerprint density at radius 1 is 0.429 bits per heavy atom. The lowest BCUT2D eigenvalue weighted by atomic mass is 10.1. The van der Waals surface area contributed by atoms with E-state index in [1.54, 1.807) is 0 Å². The molecule has 0 aromatic heterocycles. The second kappa shape index (κ2) is 28.5. The third-order valence-corrected chi connectivity index (χ3v) is 9.94. The second-order valence-corrected chi connectivity index (χ2v) is 15.1. The van der Waals surface area contributed by atoms with Crippen molar-refractivity contribution in [1.82, 2.24) is 9.80 Å². The highest BCUT2D eigenvalue weighted by Gasteiger charge is 2.21. The highest BCUT2D eigenvalue weighted by atomic mass is 31.2. The molecular weight excluding hydrogens is 578 g/mol. The molecule has 0 rings (SSSR count). The van der Waals surface area contributed by atoms with Crippen molar-refractivity contribution in [2.45, 2.75) is 89.9 Å². The first kappa shape index (κ1) is 42.1. The maximum atomic E-state index is 12.3. The van der Waals surface area contributed by atoms with Crippen LogP contribution in [0.4, 0.5) is 0 Å². The van der Waals surface area contributed by atoms with Gasteiger partial charge in [-0.1, -0.05) is 51.4 Å². The minimum Gasteiger partial charge on any atom is -0.330 e. The summed E-state index contributed by atoms with van der Waals surface area (Å²) < 4.78 is 35.4. The highest BCUT2D eigenvalue weighted by molar-refractivity contribution is 7.53. The zero-order valence-corrected chi connectivity index (χ0v) is 28.2. The molecule has 0 aliphatic rings. The van der Waals surface area contributed by atoms with Gasteiger partial charge in [0.25, 0.3) is 0 Å². The summed E-state index contributed by atoms with van der Waals surface area (Å²) in [6.07, 6.45) is 14.1. The monoisotopic (exact) mass is 644 g/mol. The largest absolute Gasteiger partial charge is 0.330 e. The molecule has 10 N–H and O–H groups in total. The number of hydrogen-bond donors (Lipinski definition) is 6. The van der Waals surface area contributed by atoms with Crippen LogP contribution in [-0.2, 0) is 18.2 Å². The van der Waals surface area contributed by atoms with Crippen molar-refractivity contribution in [2.75, 3.05) is 91.0 Å². The fourth-order valence-electron chi connectivity index (χ4n) is 4.63. The Morgan fingerprint density at radius 3 is 0.952 bits per heavy atom. The lowest BCUT2D eigenvalue weighted by Crippen LogP contribution is -2.31. The normalized spacial score (nSPS) is 15.0. The van der Waals surface area contributed by atoms with E-state index in [9.17, 15) is 18.9 Å². The van der Waals surface area contributed by atoms with Crippen LogP contribution in [0, 0.1) is 0 Å². The van der Waals surface area contributed by atoms with E-state index in [4.69, 9.17) is 32.0 Å². The predicted molar refractivity (Wildman–Crippen MR) is 175 cm³/mol. The number of rotatable bonds is 33. The quantitative estimate of drug-likeness (QED) is 0.0450. The van der Waals surface area contributed by atoms with Gasteiger partial charge in [-0.05, 0) is 90.9 Å². The summed E-state index contributed by atoms with van der Waals surface area (Å²) >= 11 is 0. The van der Waals surface area contributed by atoms with Crippen LogP contribution < -0.4 is 22.9 Å². The van der Waals surface area contributed by atoms with E-state index in [0.29, 0.717) is 52.5 Å². The van der Waals surface area contributed by atoms with Gasteiger partial charge in [0.05, 0.1) is 25.5 Å². The molecule has 0 spiro atoms. The van der Waals surface area contributed by atoms with Crippen LogP contribution in [0.3, 0.4) is 0 Å². The van der Waals surface area contributed by atoms with Crippen LogP contribution in [-0.4, -0.2) is 111 Å². The summed E-state index contributed by atoms with van der Waals surface area (Å²) in [5.41, 5.74) is 22.4. The average molecular weight is 645 g/mol. The van der Waals surface area contributed by atoms with E-state index in [2.05, 4.69) is 9.80 Å². The first-order valence-corrected chi connectivity index (χ1v) is 19.9. The molecule has 0 aromatic carbocycles. The van der Waals surface area contributed by atoms with Crippen LogP contribution >= 0.6 is 15.2 Å². The third kappa shape index (κ3) is 27.6. The summed E-state index contributed by atoms with van der Waals surface area (Å²) in [4.78, 5) is 24.6. The number of nitrogens with zero attached hydrogens (tertiary/aromatic N) is 2. The number of unbranched alkanes of at least 4 members (excludes halogenated alkanes) is 9. The van der Waals surface area contributed by atoms with Crippen molar-refractivity contribution in [3.8, 4) is 0 Å². The first-order chi connectivity index (χ1) is 20.2. The fraction of sp³-hybridized carbons (Fsp3) is 1.00. The standard InChI is InChI=1S/C28H66N6O6P2/c29-15-11-19-33(20-12-16-30)23-27-41(35,36)39-25-9-7-5-3-1-2-4-6-8-10-26-40-42(37,38)28-24-34(21-13-17-31)22-14-18-32/h1-32H2,(H,35,36)(H,37,38). The summed E-state index contributed by atoms with van der Waals surface area (Å²) in [5.74, 6) is 0. The van der Waals surface area contributed by atoms with E-state index in [1.165, 1.54) is 12.8 Å². The maximum absolute atomic E-state index is 12.3. The van der Waals surface area contributed by atoms with Crippen LogP contribution in [0.1, 0.15) is 89.9 Å². The van der Waals surface area contributed by atoms with Gasteiger partial charge >= 0.3 is 15.2 Å². The minimum atomic E-state index is -3.57. The molecule has 0 fully saturated rings. The fourth-order valence-corrected chi connectivity index (χ4v) is 6.79. The molecule has 12 nitrogen and oxygen atoms in total. The Balaban J connectivity index is 3.73. The van der Waals surface area contributed by atoms with Gasteiger partial charge in [-0.25, -0.2) is 0 Å². The molecule has 254 valence electrons. The zero-order valence-electron chi connectivity index (χ0n) is 26.4. The highest BCUT2D eigenvalue weighted by Crippen LogP contribution is 2.42. The molecule has 0 aliphatic heterocycles. The molecule has 2 unspecified atom stereocenters. The molecule has 0 bridgehead atoms. The van der Waals surface area contributed by atoms with Crippen molar-refractivity contribution in [1.29, 1.82) is 0 Å². The van der Waals surface area contributed by atoms with Gasteiger partial charge in [0.15, 0.2) is 0 Å². The van der Waals surface area contributed by atoms with E-state index in [-0.39, 0.29) is 12.3 Å². The van der Waals surface area contributed by atoms with Gasteiger partial charge in [0.2, 0.25) is 0 Å². The molecule has 0 aliphatic carbocycles. The first-order valence-electron chi connectivity index (χ1n) is 16.4. The van der Waals surface area contributed by atoms with Crippen LogP contribution in [0.15, 0.2) is 0 Å². The summed E-state index contributed by atoms with van der Waals surface area (Å²) in [6.45, 7) is 7.34. The smallest absolute Gasteiger partial charge is 0.329 e. The maximum Gasteiger partial charge on any atom is 0.329 e. The lowest BCUT2D eigenvalue weighted by Gasteiger charge is -2.23. The van der Waals surface area contributed by atoms with E-state index in [1.807, 2.05) is 0 Å². The summed E-state index contributed by atoms with van der Waals surface area (Å²) in [5, 5.41) is 0. The van der Waals surface area contributed by atoms with Gasteiger partial charge in [-0.3, -0.25) is 9.13 Å². The summed E-state index contributed by atoms with van der Waals surface area (Å²) in [6, 6.07) is 0. The van der Waals surface area contributed by atoms with Crippen molar-refractivity contribution in [2.24, 2.45) is 22.9 Å². The molecule has 0 saturated carbocycles. The Bertz CT molecular complexity index is 625. The Kier molecular flexibility index (Phi) is 28.6. The average Bonchev–Trinajstić information content (AvgIpc) is 2.96. The molecule has 42 heavy (non-hydrogen) atoms. The van der Waals surface area contributed by atoms with Crippen LogP contribution in [0.25, 0.3) is 0 Å². The van der Waals surface area contributed by atoms with Gasteiger partial charge in [0.1, 0.15) is 0 Å². The third-order valence-electron chi connectivity index (χ3n) is 7.24. The van der Waals surface area contributed by atoms with Crippen molar-refractivity contribution < 1.29 is 28.0 Å². The summed E-state index contributed by atoms with van der Waals surface area (Å²) in [7, 11) is -7.14. The van der Waals surface area contributed by atoms with Crippen molar-refractivity contribution in [3.63, 3.8) is 0 Å².